The van der Waals surface area contributed by atoms with E-state index >= 15 is 0 Å². The summed E-state index contributed by atoms with van der Waals surface area (Å²) in [6, 6.07) is 22.4. The maximum atomic E-state index is 13.5. The van der Waals surface area contributed by atoms with E-state index < -0.39 is 0 Å². The van der Waals surface area contributed by atoms with Crippen LogP contribution in [-0.2, 0) is 11.2 Å². The van der Waals surface area contributed by atoms with Gasteiger partial charge in [0.25, 0.3) is 11.5 Å². The summed E-state index contributed by atoms with van der Waals surface area (Å²) in [7, 11) is 0. The number of aryl methyl sites for hydroxylation is 1. The van der Waals surface area contributed by atoms with Crippen molar-refractivity contribution in [2.75, 3.05) is 0 Å². The predicted octanol–water partition coefficient (Wildman–Crippen LogP) is 6.01. The third kappa shape index (κ3) is 4.57. The molecule has 0 aliphatic carbocycles. The molecular weight excluding hydrogens is 490 g/mol. The number of aromatic nitrogens is 2. The largest absolute Gasteiger partial charge is 0.438 e. The minimum atomic E-state index is -0.331. The molecule has 1 amide bonds. The molecule has 1 unspecified atom stereocenters. The number of carbonyl (C=O) groups excluding carboxylic acids is 1. The predicted molar refractivity (Wildman–Crippen MR) is 147 cm³/mol. The number of thioether (sulfide) groups is 1. The number of ether oxygens (including phenoxy) is 1. The summed E-state index contributed by atoms with van der Waals surface area (Å²) < 4.78 is 7.95. The number of nitrogens with zero attached hydrogens (tertiary/aromatic N) is 3. The first kappa shape index (κ1) is 24.0. The zero-order valence-electron chi connectivity index (χ0n) is 19.8. The Morgan fingerprint density at radius 3 is 2.47 bits per heavy atom. The number of pyridine rings is 1. The summed E-state index contributed by atoms with van der Waals surface area (Å²) in [5.74, 6) is 0.438. The zero-order valence-corrected chi connectivity index (χ0v) is 21.4. The molecule has 0 saturated carbocycles. The van der Waals surface area contributed by atoms with Gasteiger partial charge in [-0.3, -0.25) is 18.9 Å². The molecule has 0 radical (unpaired) electrons. The van der Waals surface area contributed by atoms with E-state index in [2.05, 4.69) is 11.9 Å². The van der Waals surface area contributed by atoms with Crippen molar-refractivity contribution >= 4 is 45.9 Å². The van der Waals surface area contributed by atoms with Gasteiger partial charge in [0.2, 0.25) is 5.88 Å². The Bertz CT molecular complexity index is 1550. The molecule has 6 nitrogen and oxygen atoms in total. The van der Waals surface area contributed by atoms with Crippen LogP contribution in [0.15, 0.2) is 88.7 Å². The van der Waals surface area contributed by atoms with Crippen molar-refractivity contribution in [1.29, 1.82) is 0 Å². The fourth-order valence-corrected chi connectivity index (χ4v) is 5.41. The molecule has 0 N–H and O–H groups in total. The van der Waals surface area contributed by atoms with Crippen LogP contribution in [0.1, 0.15) is 36.6 Å². The van der Waals surface area contributed by atoms with Gasteiger partial charge >= 0.3 is 0 Å². The highest BCUT2D eigenvalue weighted by molar-refractivity contribution is 8.26. The van der Waals surface area contributed by atoms with Crippen molar-refractivity contribution in [3.05, 3.63) is 111 Å². The number of benzene rings is 2. The average Bonchev–Trinajstić information content (AvgIpc) is 3.19. The quantitative estimate of drug-likeness (QED) is 0.232. The molecule has 180 valence electrons. The Morgan fingerprint density at radius 2 is 1.75 bits per heavy atom. The highest BCUT2D eigenvalue weighted by atomic mass is 32.2. The highest BCUT2D eigenvalue weighted by Crippen LogP contribution is 2.38. The van der Waals surface area contributed by atoms with Crippen LogP contribution in [0.3, 0.4) is 0 Å². The maximum absolute atomic E-state index is 13.5. The Balaban J connectivity index is 1.57. The molecule has 3 heterocycles. The average molecular weight is 514 g/mol. The van der Waals surface area contributed by atoms with Crippen LogP contribution < -0.4 is 10.3 Å². The number of thiocarbonyl (C=S) groups is 1. The lowest BCUT2D eigenvalue weighted by Crippen LogP contribution is -2.31. The molecule has 8 heteroatoms. The third-order valence-corrected chi connectivity index (χ3v) is 7.38. The first-order valence-electron chi connectivity index (χ1n) is 11.6. The van der Waals surface area contributed by atoms with E-state index in [0.29, 0.717) is 20.6 Å². The lowest BCUT2D eigenvalue weighted by molar-refractivity contribution is -0.123. The van der Waals surface area contributed by atoms with Gasteiger partial charge in [0, 0.05) is 6.20 Å². The molecular formula is C28H23N3O3S2. The lowest BCUT2D eigenvalue weighted by Gasteiger charge is -2.23. The van der Waals surface area contributed by atoms with E-state index in [1.807, 2.05) is 61.5 Å². The van der Waals surface area contributed by atoms with Gasteiger partial charge in [-0.1, -0.05) is 79.4 Å². The van der Waals surface area contributed by atoms with Crippen molar-refractivity contribution in [1.82, 2.24) is 14.3 Å². The minimum Gasteiger partial charge on any atom is -0.438 e. The molecule has 1 aliphatic heterocycles. The van der Waals surface area contributed by atoms with Gasteiger partial charge in [0.1, 0.15) is 21.3 Å². The highest BCUT2D eigenvalue weighted by Gasteiger charge is 2.36. The summed E-state index contributed by atoms with van der Waals surface area (Å²) in [5.41, 5.74) is 2.45. The van der Waals surface area contributed by atoms with E-state index in [1.165, 1.54) is 21.7 Å². The van der Waals surface area contributed by atoms with Gasteiger partial charge in [0.15, 0.2) is 0 Å². The Hall–Kier alpha value is -3.75. The minimum absolute atomic E-state index is 0.136. The number of fused-ring (bicyclic) bond motifs is 1. The molecule has 2 aromatic carbocycles. The third-order valence-electron chi connectivity index (χ3n) is 6.05. The first-order valence-corrected chi connectivity index (χ1v) is 12.8. The summed E-state index contributed by atoms with van der Waals surface area (Å²) in [6.45, 7) is 4.01. The van der Waals surface area contributed by atoms with Crippen molar-refractivity contribution < 1.29 is 9.53 Å². The SMILES string of the molecule is CCc1ccc(Oc2nc3ccccn3c(=O)c2/C=C2/SC(=S)N(C(C)c3ccccc3)C2=O)cc1. The van der Waals surface area contributed by atoms with Gasteiger partial charge in [-0.05, 0) is 54.8 Å². The normalized spacial score (nSPS) is 15.6. The van der Waals surface area contributed by atoms with Gasteiger partial charge in [-0.25, -0.2) is 0 Å². The first-order chi connectivity index (χ1) is 17.5. The van der Waals surface area contributed by atoms with Crippen molar-refractivity contribution in [3.63, 3.8) is 0 Å². The second-order valence-electron chi connectivity index (χ2n) is 8.30. The van der Waals surface area contributed by atoms with Gasteiger partial charge in [-0.2, -0.15) is 4.98 Å². The van der Waals surface area contributed by atoms with Crippen LogP contribution in [0.4, 0.5) is 0 Å². The monoisotopic (exact) mass is 513 g/mol. The van der Waals surface area contributed by atoms with Gasteiger partial charge in [-0.15, -0.1) is 0 Å². The number of hydrogen-bond acceptors (Lipinski definition) is 6. The standard InChI is InChI=1S/C28H23N3O3S2/c1-3-19-12-14-21(15-13-19)34-25-22(26(32)30-16-8-7-11-24(30)29-25)17-23-27(33)31(28(35)36-23)18(2)20-9-5-4-6-10-20/h4-18H,3H2,1-2H3/b23-17+. The Labute approximate surface area is 218 Å². The molecule has 1 fully saturated rings. The van der Waals surface area contributed by atoms with Crippen LogP contribution in [0.25, 0.3) is 11.7 Å². The van der Waals surface area contributed by atoms with Crippen molar-refractivity contribution in [3.8, 4) is 11.6 Å². The van der Waals surface area contributed by atoms with Crippen molar-refractivity contribution in [2.45, 2.75) is 26.3 Å². The molecule has 1 saturated heterocycles. The molecule has 4 aromatic rings. The molecule has 1 atom stereocenters. The lowest BCUT2D eigenvalue weighted by atomic mass is 10.1. The fraction of sp³-hybridized carbons (Fsp3) is 0.143. The molecule has 0 spiro atoms. The summed E-state index contributed by atoms with van der Waals surface area (Å²) in [4.78, 5) is 33.4. The number of rotatable bonds is 6. The summed E-state index contributed by atoms with van der Waals surface area (Å²) in [5, 5.41) is 0. The van der Waals surface area contributed by atoms with Crippen LogP contribution in [0, 0.1) is 0 Å². The van der Waals surface area contributed by atoms with E-state index in [9.17, 15) is 9.59 Å². The van der Waals surface area contributed by atoms with Crippen LogP contribution >= 0.6 is 24.0 Å². The molecule has 0 bridgehead atoms. The molecule has 2 aromatic heterocycles. The topological polar surface area (TPSA) is 63.9 Å². The second kappa shape index (κ2) is 10.1. The second-order valence-corrected chi connectivity index (χ2v) is 9.98. The number of carbonyl (C=O) groups is 1. The van der Waals surface area contributed by atoms with Crippen LogP contribution in [0.5, 0.6) is 11.6 Å². The maximum Gasteiger partial charge on any atom is 0.269 e. The van der Waals surface area contributed by atoms with Crippen LogP contribution in [-0.4, -0.2) is 24.5 Å². The van der Waals surface area contributed by atoms with Crippen LogP contribution in [0.2, 0.25) is 0 Å². The molecule has 36 heavy (non-hydrogen) atoms. The number of amides is 1. The van der Waals surface area contributed by atoms with Gasteiger partial charge in [0.05, 0.1) is 10.9 Å². The molecule has 5 rings (SSSR count). The zero-order chi connectivity index (χ0) is 25.2. The fourth-order valence-electron chi connectivity index (χ4n) is 4.01. The Kier molecular flexibility index (Phi) is 6.71. The van der Waals surface area contributed by atoms with Gasteiger partial charge < -0.3 is 4.74 Å². The van der Waals surface area contributed by atoms with E-state index in [0.717, 1.165) is 12.0 Å². The number of hydrogen-bond donors (Lipinski definition) is 0. The van der Waals surface area contributed by atoms with Crippen molar-refractivity contribution in [2.24, 2.45) is 0 Å². The Morgan fingerprint density at radius 1 is 1.03 bits per heavy atom. The van der Waals surface area contributed by atoms with E-state index in [1.54, 1.807) is 35.4 Å². The van der Waals surface area contributed by atoms with E-state index in [-0.39, 0.29) is 29.0 Å². The summed E-state index contributed by atoms with van der Waals surface area (Å²) >= 11 is 6.73. The van der Waals surface area contributed by atoms with E-state index in [4.69, 9.17) is 17.0 Å². The summed E-state index contributed by atoms with van der Waals surface area (Å²) in [6.07, 6.45) is 4.09. The smallest absolute Gasteiger partial charge is 0.269 e. The molecule has 1 aliphatic rings.